The van der Waals surface area contributed by atoms with Gasteiger partial charge >= 0.3 is 0 Å². The first-order valence-corrected chi connectivity index (χ1v) is 7.34. The first-order chi connectivity index (χ1) is 8.11. The quantitative estimate of drug-likeness (QED) is 0.373. The largest absolute Gasteiger partial charge is 0.297 e. The van der Waals surface area contributed by atoms with Crippen molar-refractivity contribution in [2.24, 2.45) is 0 Å². The maximum absolute atomic E-state index is 11.4. The van der Waals surface area contributed by atoms with Crippen molar-refractivity contribution in [2.75, 3.05) is 11.1 Å². The summed E-state index contributed by atoms with van der Waals surface area (Å²) in [5.74, 6) is 0.902. The highest BCUT2D eigenvalue weighted by atomic mass is 32.2. The van der Waals surface area contributed by atoms with Gasteiger partial charge in [0.15, 0.2) is 4.34 Å². The molecule has 17 heavy (non-hydrogen) atoms. The molecule has 1 aromatic rings. The number of aromatic nitrogens is 2. The Morgan fingerprint density at radius 3 is 2.88 bits per heavy atom. The fourth-order valence-corrected chi connectivity index (χ4v) is 2.94. The van der Waals surface area contributed by atoms with Crippen molar-refractivity contribution >= 4 is 34.1 Å². The minimum atomic E-state index is -0.147. The van der Waals surface area contributed by atoms with Gasteiger partial charge in [-0.15, -0.1) is 10.2 Å². The fraction of sp³-hybridized carbons (Fsp3) is 0.545. The number of thioether (sulfide) groups is 1. The second-order valence-corrected chi connectivity index (χ2v) is 6.11. The summed E-state index contributed by atoms with van der Waals surface area (Å²) in [5.41, 5.74) is 0.963. The fourth-order valence-electron chi connectivity index (χ4n) is 1.03. The van der Waals surface area contributed by atoms with Gasteiger partial charge in [0.25, 0.3) is 0 Å². The van der Waals surface area contributed by atoms with Crippen LogP contribution < -0.4 is 5.32 Å². The molecule has 0 aliphatic carbocycles. The molecule has 1 heterocycles. The number of unbranched alkanes of at least 4 members (excludes halogenated alkanes) is 1. The molecule has 94 valence electrons. The number of carbonyl (C=O) groups excluding carboxylic acids is 1. The first-order valence-electron chi connectivity index (χ1n) is 5.54. The van der Waals surface area contributed by atoms with Crippen molar-refractivity contribution in [2.45, 2.75) is 38.0 Å². The first kappa shape index (κ1) is 14.2. The maximum atomic E-state index is 11.4. The van der Waals surface area contributed by atoms with Crippen molar-refractivity contribution in [3.05, 3.63) is 11.6 Å². The number of amides is 1. The van der Waals surface area contributed by atoms with Crippen LogP contribution in [0.15, 0.2) is 16.0 Å². The molecule has 0 bridgehead atoms. The highest BCUT2D eigenvalue weighted by Gasteiger charge is 2.06. The summed E-state index contributed by atoms with van der Waals surface area (Å²) in [6, 6.07) is 0. The molecule has 0 fully saturated rings. The van der Waals surface area contributed by atoms with Gasteiger partial charge in [0.2, 0.25) is 11.0 Å². The third-order valence-electron chi connectivity index (χ3n) is 1.78. The Morgan fingerprint density at radius 1 is 1.47 bits per heavy atom. The molecule has 0 aliphatic heterocycles. The number of rotatable bonds is 6. The Labute approximate surface area is 110 Å². The van der Waals surface area contributed by atoms with Crippen LogP contribution in [0.25, 0.3) is 0 Å². The number of allylic oxidation sites excluding steroid dienone is 1. The van der Waals surface area contributed by atoms with Crippen LogP contribution in [0, 0.1) is 0 Å². The maximum Gasteiger partial charge on any atom is 0.250 e. The highest BCUT2D eigenvalue weighted by molar-refractivity contribution is 8.01. The predicted octanol–water partition coefficient (Wildman–Crippen LogP) is 3.34. The van der Waals surface area contributed by atoms with E-state index in [9.17, 15) is 4.79 Å². The lowest BCUT2D eigenvalue weighted by Gasteiger charge is -1.95. The van der Waals surface area contributed by atoms with E-state index >= 15 is 0 Å². The third kappa shape index (κ3) is 5.83. The molecule has 6 heteroatoms. The Morgan fingerprint density at radius 2 is 2.24 bits per heavy atom. The SMILES string of the molecule is CCCCSc1nnc(NC(=O)C=C(C)C)s1. The van der Waals surface area contributed by atoms with E-state index in [1.54, 1.807) is 17.8 Å². The van der Waals surface area contributed by atoms with Gasteiger partial charge in [-0.25, -0.2) is 0 Å². The van der Waals surface area contributed by atoms with Gasteiger partial charge in [-0.05, 0) is 20.3 Å². The Balaban J connectivity index is 2.45. The number of anilines is 1. The molecule has 1 amide bonds. The molecule has 0 saturated heterocycles. The molecule has 1 N–H and O–H groups in total. The van der Waals surface area contributed by atoms with Crippen LogP contribution >= 0.6 is 23.1 Å². The smallest absolute Gasteiger partial charge is 0.250 e. The Bertz CT molecular complexity index is 397. The molecule has 0 spiro atoms. The second-order valence-electron chi connectivity index (χ2n) is 3.79. The van der Waals surface area contributed by atoms with Crippen LogP contribution in [0.3, 0.4) is 0 Å². The van der Waals surface area contributed by atoms with E-state index in [4.69, 9.17) is 0 Å². The van der Waals surface area contributed by atoms with Crippen LogP contribution in [-0.2, 0) is 4.79 Å². The van der Waals surface area contributed by atoms with E-state index in [1.807, 2.05) is 13.8 Å². The van der Waals surface area contributed by atoms with Gasteiger partial charge in [0.1, 0.15) is 0 Å². The van der Waals surface area contributed by atoms with Crippen LogP contribution in [0.4, 0.5) is 5.13 Å². The van der Waals surface area contributed by atoms with Gasteiger partial charge in [0, 0.05) is 11.8 Å². The predicted molar refractivity (Wildman–Crippen MR) is 73.6 cm³/mol. The van der Waals surface area contributed by atoms with E-state index < -0.39 is 0 Å². The molecule has 1 aromatic heterocycles. The lowest BCUT2D eigenvalue weighted by atomic mass is 10.3. The summed E-state index contributed by atoms with van der Waals surface area (Å²) in [7, 11) is 0. The van der Waals surface area contributed by atoms with E-state index in [1.165, 1.54) is 24.2 Å². The van der Waals surface area contributed by atoms with Crippen molar-refractivity contribution in [1.82, 2.24) is 10.2 Å². The topological polar surface area (TPSA) is 54.9 Å². The zero-order valence-corrected chi connectivity index (χ0v) is 12.0. The molecule has 0 unspecified atom stereocenters. The average Bonchev–Trinajstić information content (AvgIpc) is 2.64. The van der Waals surface area contributed by atoms with Crippen LogP contribution in [-0.4, -0.2) is 21.9 Å². The number of carbonyl (C=O) groups is 1. The lowest BCUT2D eigenvalue weighted by molar-refractivity contribution is -0.111. The normalized spacial score (nSPS) is 10.1. The zero-order valence-electron chi connectivity index (χ0n) is 10.3. The third-order valence-corrected chi connectivity index (χ3v) is 3.84. The van der Waals surface area contributed by atoms with Gasteiger partial charge < -0.3 is 0 Å². The monoisotopic (exact) mass is 271 g/mol. The van der Waals surface area contributed by atoms with E-state index in [-0.39, 0.29) is 5.91 Å². The van der Waals surface area contributed by atoms with Crippen molar-refractivity contribution in [3.63, 3.8) is 0 Å². The van der Waals surface area contributed by atoms with Crippen LogP contribution in [0.1, 0.15) is 33.6 Å². The zero-order chi connectivity index (χ0) is 12.7. The lowest BCUT2D eigenvalue weighted by Crippen LogP contribution is -2.07. The summed E-state index contributed by atoms with van der Waals surface area (Å²) in [6.07, 6.45) is 3.89. The molecule has 0 radical (unpaired) electrons. The van der Waals surface area contributed by atoms with Crippen LogP contribution in [0.5, 0.6) is 0 Å². The molecule has 0 atom stereocenters. The highest BCUT2D eigenvalue weighted by Crippen LogP contribution is 2.26. The van der Waals surface area contributed by atoms with Crippen molar-refractivity contribution in [1.29, 1.82) is 0 Å². The van der Waals surface area contributed by atoms with E-state index in [2.05, 4.69) is 22.4 Å². The molecule has 4 nitrogen and oxygen atoms in total. The second kappa shape index (κ2) is 7.45. The summed E-state index contributed by atoms with van der Waals surface area (Å²) >= 11 is 3.10. The Hall–Kier alpha value is -0.880. The minimum Gasteiger partial charge on any atom is -0.297 e. The number of hydrogen-bond acceptors (Lipinski definition) is 5. The summed E-state index contributed by atoms with van der Waals surface area (Å²) in [5, 5.41) is 11.2. The van der Waals surface area contributed by atoms with Gasteiger partial charge in [0.05, 0.1) is 0 Å². The molecule has 0 aliphatic rings. The Kier molecular flexibility index (Phi) is 6.21. The number of hydrogen-bond donors (Lipinski definition) is 1. The molecule has 0 saturated carbocycles. The van der Waals surface area contributed by atoms with Gasteiger partial charge in [-0.1, -0.05) is 42.0 Å². The van der Waals surface area contributed by atoms with E-state index in [0.29, 0.717) is 5.13 Å². The van der Waals surface area contributed by atoms with Crippen LogP contribution in [0.2, 0.25) is 0 Å². The van der Waals surface area contributed by atoms with Crippen molar-refractivity contribution in [3.8, 4) is 0 Å². The number of nitrogens with one attached hydrogen (secondary N) is 1. The van der Waals surface area contributed by atoms with E-state index in [0.717, 1.165) is 15.7 Å². The summed E-state index contributed by atoms with van der Waals surface area (Å²) < 4.78 is 0.908. The molecular weight excluding hydrogens is 254 g/mol. The summed E-state index contributed by atoms with van der Waals surface area (Å²) in [6.45, 7) is 5.92. The minimum absolute atomic E-state index is 0.147. The van der Waals surface area contributed by atoms with Gasteiger partial charge in [-0.3, -0.25) is 10.1 Å². The molecular formula is C11H17N3OS2. The summed E-state index contributed by atoms with van der Waals surface area (Å²) in [4.78, 5) is 11.4. The average molecular weight is 271 g/mol. The van der Waals surface area contributed by atoms with Crippen molar-refractivity contribution < 1.29 is 4.79 Å². The molecule has 0 aromatic carbocycles. The standard InChI is InChI=1S/C11H17N3OS2/c1-4-5-6-16-11-14-13-10(17-11)12-9(15)7-8(2)3/h7H,4-6H2,1-3H3,(H,12,13,15). The number of nitrogens with zero attached hydrogens (tertiary/aromatic N) is 2. The molecule has 1 rings (SSSR count). The van der Waals surface area contributed by atoms with Gasteiger partial charge in [-0.2, -0.15) is 0 Å².